The molecule has 126 valence electrons. The molecule has 0 unspecified atom stereocenters. The van der Waals surface area contributed by atoms with Crippen LogP contribution in [0.2, 0.25) is 0 Å². The maximum Gasteiger partial charge on any atom is 0.317 e. The molecule has 1 N–H and O–H groups in total. The molecule has 2 heterocycles. The van der Waals surface area contributed by atoms with Gasteiger partial charge >= 0.3 is 6.03 Å². The van der Waals surface area contributed by atoms with Crippen molar-refractivity contribution < 1.29 is 4.79 Å². The van der Waals surface area contributed by atoms with Gasteiger partial charge in [0.15, 0.2) is 0 Å². The Morgan fingerprint density at radius 3 is 2.23 bits per heavy atom. The van der Waals surface area contributed by atoms with E-state index in [0.29, 0.717) is 12.1 Å². The highest BCUT2D eigenvalue weighted by atomic mass is 16.2. The normalized spacial score (nSPS) is 28.5. The molecule has 3 fully saturated rings. The van der Waals surface area contributed by atoms with Crippen molar-refractivity contribution in [1.82, 2.24) is 15.1 Å². The first kappa shape index (κ1) is 16.1. The van der Waals surface area contributed by atoms with Crippen LogP contribution in [0.3, 0.4) is 0 Å². The summed E-state index contributed by atoms with van der Waals surface area (Å²) in [5, 5.41) is 3.34. The molecule has 22 heavy (non-hydrogen) atoms. The summed E-state index contributed by atoms with van der Waals surface area (Å²) in [4.78, 5) is 17.5. The second kappa shape index (κ2) is 8.19. The van der Waals surface area contributed by atoms with Crippen LogP contribution in [0.15, 0.2) is 0 Å². The van der Waals surface area contributed by atoms with Crippen LogP contribution >= 0.6 is 0 Å². The quantitative estimate of drug-likeness (QED) is 0.867. The lowest BCUT2D eigenvalue weighted by molar-refractivity contribution is 0.148. The smallest absolute Gasteiger partial charge is 0.317 e. The summed E-state index contributed by atoms with van der Waals surface area (Å²) in [6, 6.07) is 1.08. The minimum Gasteiger partial charge on any atom is -0.335 e. The number of likely N-dealkylation sites (tertiary alicyclic amines) is 2. The first-order valence-corrected chi connectivity index (χ1v) is 9.62. The lowest BCUT2D eigenvalue weighted by Gasteiger charge is -2.35. The molecule has 1 saturated carbocycles. The number of carbonyl (C=O) groups excluding carboxylic acids is 1. The summed E-state index contributed by atoms with van der Waals surface area (Å²) in [5.41, 5.74) is 0. The van der Waals surface area contributed by atoms with Crippen molar-refractivity contribution in [3.8, 4) is 0 Å². The molecule has 0 aromatic heterocycles. The lowest BCUT2D eigenvalue weighted by atomic mass is 9.96. The number of nitrogens with one attached hydrogen (secondary N) is 1. The van der Waals surface area contributed by atoms with Gasteiger partial charge in [-0.2, -0.15) is 0 Å². The topological polar surface area (TPSA) is 35.6 Å². The van der Waals surface area contributed by atoms with Crippen LogP contribution in [-0.2, 0) is 0 Å². The van der Waals surface area contributed by atoms with Gasteiger partial charge in [-0.25, -0.2) is 4.79 Å². The predicted octanol–water partition coefficient (Wildman–Crippen LogP) is 3.37. The molecule has 0 radical (unpaired) electrons. The van der Waals surface area contributed by atoms with Gasteiger partial charge in [0.2, 0.25) is 0 Å². The van der Waals surface area contributed by atoms with Crippen LogP contribution in [0.4, 0.5) is 4.79 Å². The first-order chi connectivity index (χ1) is 10.8. The highest BCUT2D eigenvalue weighted by Crippen LogP contribution is 2.22. The second-order valence-electron chi connectivity index (χ2n) is 7.49. The van der Waals surface area contributed by atoms with Crippen LogP contribution in [0.1, 0.15) is 70.6 Å². The van der Waals surface area contributed by atoms with Gasteiger partial charge in [0, 0.05) is 25.2 Å². The third-order valence-electron chi connectivity index (χ3n) is 5.74. The number of urea groups is 1. The van der Waals surface area contributed by atoms with Crippen molar-refractivity contribution in [2.45, 2.75) is 82.7 Å². The molecule has 2 amide bonds. The third kappa shape index (κ3) is 4.37. The molecule has 0 bridgehead atoms. The van der Waals surface area contributed by atoms with E-state index in [2.05, 4.69) is 15.1 Å². The Kier molecular flexibility index (Phi) is 5.99. The number of amides is 2. The van der Waals surface area contributed by atoms with E-state index in [9.17, 15) is 4.79 Å². The van der Waals surface area contributed by atoms with Crippen molar-refractivity contribution >= 4 is 6.03 Å². The van der Waals surface area contributed by atoms with Crippen LogP contribution in [0.25, 0.3) is 0 Å². The zero-order chi connectivity index (χ0) is 15.2. The molecule has 4 nitrogen and oxygen atoms in total. The highest BCUT2D eigenvalue weighted by Gasteiger charge is 2.29. The molecular formula is C18H33N3O. The second-order valence-corrected chi connectivity index (χ2v) is 7.49. The molecule has 2 saturated heterocycles. The lowest BCUT2D eigenvalue weighted by Crippen LogP contribution is -2.52. The van der Waals surface area contributed by atoms with Crippen LogP contribution in [0.5, 0.6) is 0 Å². The van der Waals surface area contributed by atoms with Gasteiger partial charge in [-0.1, -0.05) is 32.1 Å². The molecule has 0 aromatic carbocycles. The molecule has 2 aliphatic heterocycles. The fraction of sp³-hybridized carbons (Fsp3) is 0.944. The zero-order valence-corrected chi connectivity index (χ0v) is 14.1. The summed E-state index contributed by atoms with van der Waals surface area (Å²) < 4.78 is 0. The first-order valence-electron chi connectivity index (χ1n) is 9.62. The molecule has 3 rings (SSSR count). The summed E-state index contributed by atoms with van der Waals surface area (Å²) >= 11 is 0. The van der Waals surface area contributed by atoms with Gasteiger partial charge in [-0.3, -0.25) is 0 Å². The Bertz CT molecular complexity index is 348. The maximum atomic E-state index is 12.8. The van der Waals surface area contributed by atoms with Crippen LogP contribution < -0.4 is 5.32 Å². The SMILES string of the molecule is O=C(NC1CCCCC1)N1CCCCC[C@@H]1CN1CCCC1. The third-order valence-corrected chi connectivity index (χ3v) is 5.74. The standard InChI is InChI=1S/C18H33N3O/c22-18(19-16-9-3-1-4-10-16)21-14-6-2-5-11-17(21)15-20-12-7-8-13-20/h16-17H,1-15H2,(H,19,22)/t17-/m1/s1. The molecule has 3 aliphatic rings. The average Bonchev–Trinajstić information content (AvgIpc) is 2.93. The average molecular weight is 307 g/mol. The van der Waals surface area contributed by atoms with Gasteiger partial charge in [0.25, 0.3) is 0 Å². The number of hydrogen-bond acceptors (Lipinski definition) is 2. The predicted molar refractivity (Wildman–Crippen MR) is 90.0 cm³/mol. The number of nitrogens with zero attached hydrogens (tertiary/aromatic N) is 2. The van der Waals surface area contributed by atoms with E-state index < -0.39 is 0 Å². The Morgan fingerprint density at radius 1 is 0.818 bits per heavy atom. The van der Waals surface area contributed by atoms with E-state index in [1.54, 1.807) is 0 Å². The van der Waals surface area contributed by atoms with Crippen molar-refractivity contribution in [2.75, 3.05) is 26.2 Å². The Balaban J connectivity index is 1.57. The molecule has 1 aliphatic carbocycles. The fourth-order valence-electron chi connectivity index (χ4n) is 4.40. The molecule has 0 spiro atoms. The molecule has 4 heteroatoms. The minimum atomic E-state index is 0.220. The van der Waals surface area contributed by atoms with Crippen molar-refractivity contribution in [1.29, 1.82) is 0 Å². The summed E-state index contributed by atoms with van der Waals surface area (Å²) in [6.45, 7) is 4.51. The molecule has 1 atom stereocenters. The minimum absolute atomic E-state index is 0.220. The van der Waals surface area contributed by atoms with Gasteiger partial charge < -0.3 is 15.1 Å². The van der Waals surface area contributed by atoms with E-state index in [0.717, 1.165) is 13.1 Å². The summed E-state index contributed by atoms with van der Waals surface area (Å²) in [7, 11) is 0. The zero-order valence-electron chi connectivity index (χ0n) is 14.1. The van der Waals surface area contributed by atoms with Crippen molar-refractivity contribution in [2.24, 2.45) is 0 Å². The largest absolute Gasteiger partial charge is 0.335 e. The van der Waals surface area contributed by atoms with Crippen LogP contribution in [0, 0.1) is 0 Å². The fourth-order valence-corrected chi connectivity index (χ4v) is 4.40. The van der Waals surface area contributed by atoms with Crippen molar-refractivity contribution in [3.63, 3.8) is 0 Å². The number of rotatable bonds is 3. The number of hydrogen-bond donors (Lipinski definition) is 1. The van der Waals surface area contributed by atoms with E-state index in [-0.39, 0.29) is 6.03 Å². The summed E-state index contributed by atoms with van der Waals surface area (Å²) in [5.74, 6) is 0. The van der Waals surface area contributed by atoms with Gasteiger partial charge in [-0.05, 0) is 51.6 Å². The van der Waals surface area contributed by atoms with Gasteiger partial charge in [0.05, 0.1) is 0 Å². The highest BCUT2D eigenvalue weighted by molar-refractivity contribution is 5.75. The van der Waals surface area contributed by atoms with E-state index >= 15 is 0 Å². The Hall–Kier alpha value is -0.770. The van der Waals surface area contributed by atoms with E-state index in [4.69, 9.17) is 0 Å². The molecular weight excluding hydrogens is 274 g/mol. The Labute approximate surface area is 135 Å². The van der Waals surface area contributed by atoms with Gasteiger partial charge in [0.1, 0.15) is 0 Å². The van der Waals surface area contributed by atoms with E-state index in [1.165, 1.54) is 83.7 Å². The Morgan fingerprint density at radius 2 is 1.45 bits per heavy atom. The van der Waals surface area contributed by atoms with E-state index in [1.807, 2.05) is 0 Å². The monoisotopic (exact) mass is 307 g/mol. The molecule has 0 aromatic rings. The number of carbonyl (C=O) groups is 1. The maximum absolute atomic E-state index is 12.8. The van der Waals surface area contributed by atoms with Crippen molar-refractivity contribution in [3.05, 3.63) is 0 Å². The summed E-state index contributed by atoms with van der Waals surface area (Å²) in [6.07, 6.45) is 13.9. The van der Waals surface area contributed by atoms with Gasteiger partial charge in [-0.15, -0.1) is 0 Å². The van der Waals surface area contributed by atoms with Crippen LogP contribution in [-0.4, -0.2) is 54.1 Å².